The van der Waals surface area contributed by atoms with Gasteiger partial charge in [-0.05, 0) is 47.5 Å². The molecule has 2 unspecified atom stereocenters. The summed E-state index contributed by atoms with van der Waals surface area (Å²) in [4.78, 5) is 31.2. The number of rotatable bonds is 44. The number of hydrogen-bond acceptors (Lipinski definition) is 9. The molecule has 65 heavy (non-hydrogen) atoms. The molecule has 1 aromatic rings. The number of H-pyrrole nitrogens is 1. The highest BCUT2D eigenvalue weighted by Crippen LogP contribution is 2.47. The first-order chi connectivity index (χ1) is 31.6. The molecule has 13 heteroatoms. The smallest absolute Gasteiger partial charge is 0.330 e. The molecule has 378 valence electrons. The van der Waals surface area contributed by atoms with Crippen molar-refractivity contribution in [3.05, 3.63) is 44.0 Å². The molecule has 0 spiro atoms. The molecule has 0 amide bonds. The summed E-state index contributed by atoms with van der Waals surface area (Å²) >= 11 is 0. The third kappa shape index (κ3) is 27.8. The van der Waals surface area contributed by atoms with E-state index in [0.29, 0.717) is 25.2 Å². The van der Waals surface area contributed by atoms with Crippen molar-refractivity contribution in [3.63, 3.8) is 0 Å². The molecule has 1 saturated heterocycles. The van der Waals surface area contributed by atoms with Crippen LogP contribution in [0.25, 0.3) is 4.85 Å². The lowest BCUT2D eigenvalue weighted by atomic mass is 10.0. The standard InChI is InChI=1S/C52H97N4O8P/c1-9-11-13-15-17-19-21-23-25-27-29-31-33-35-38-59-52(60-39-36-34-32-30-28-26-24-22-20-18-16-14-12-10-2)64-47-41-49(55-42-46(7)50(57)54-51(55)58)63-48(47)43-62-65(61-40-37-53-8)56(44(3)4)45(5)6/h42,44-45,47-49,52H,9-41,43H2,1-7H3,(H,54,57,58)/t47?,48-,49-,65?/m1/s1. The van der Waals surface area contributed by atoms with Gasteiger partial charge >= 0.3 is 5.69 Å². The first kappa shape index (κ1) is 59.4. The summed E-state index contributed by atoms with van der Waals surface area (Å²) in [6.45, 7) is 22.7. The van der Waals surface area contributed by atoms with Crippen LogP contribution < -0.4 is 11.2 Å². The van der Waals surface area contributed by atoms with Crippen LogP contribution in [-0.2, 0) is 28.0 Å². The lowest BCUT2D eigenvalue weighted by molar-refractivity contribution is -0.309. The summed E-state index contributed by atoms with van der Waals surface area (Å²) in [5.41, 5.74) is -0.547. The maximum absolute atomic E-state index is 13.1. The molecule has 0 aromatic carbocycles. The topological polar surface area (TPSA) is 118 Å². The maximum Gasteiger partial charge on any atom is 0.330 e. The van der Waals surface area contributed by atoms with E-state index >= 15 is 0 Å². The number of aryl methyl sites for hydroxylation is 1. The predicted molar refractivity (Wildman–Crippen MR) is 268 cm³/mol. The van der Waals surface area contributed by atoms with Gasteiger partial charge in [-0.3, -0.25) is 14.3 Å². The molecular weight excluding hydrogens is 840 g/mol. The zero-order valence-electron chi connectivity index (χ0n) is 42.6. The molecule has 1 aliphatic rings. The number of ether oxygens (including phenoxy) is 4. The fraction of sp³-hybridized carbons (Fsp3) is 0.904. The van der Waals surface area contributed by atoms with Crippen molar-refractivity contribution in [2.45, 2.75) is 272 Å². The number of aromatic nitrogens is 2. The van der Waals surface area contributed by atoms with Crippen LogP contribution in [0.15, 0.2) is 15.8 Å². The SMILES string of the molecule is [C-]#[N+]CCOP(OC[C@H]1O[C@@H](n2cc(C)c(=O)[nH]c2=O)CC1OC(OCCCCCCCCCCCCCCCC)OCCCCCCCCCCCCCCCC)N(C(C)C)C(C)C. The van der Waals surface area contributed by atoms with Crippen LogP contribution in [0.1, 0.15) is 240 Å². The average molecular weight is 937 g/mol. The van der Waals surface area contributed by atoms with Gasteiger partial charge in [-0.2, -0.15) is 0 Å². The molecule has 4 atom stereocenters. The molecule has 1 aliphatic heterocycles. The summed E-state index contributed by atoms with van der Waals surface area (Å²) in [5, 5.41) is 0. The highest BCUT2D eigenvalue weighted by atomic mass is 31.2. The molecule has 1 aromatic heterocycles. The molecule has 0 aliphatic carbocycles. The lowest BCUT2D eigenvalue weighted by Gasteiger charge is -2.36. The summed E-state index contributed by atoms with van der Waals surface area (Å²) < 4.78 is 42.3. The van der Waals surface area contributed by atoms with Gasteiger partial charge < -0.3 is 32.8 Å². The third-order valence-electron chi connectivity index (χ3n) is 12.4. The molecule has 1 fully saturated rings. The molecule has 2 heterocycles. The van der Waals surface area contributed by atoms with Crippen LogP contribution >= 0.6 is 8.53 Å². The second-order valence-corrected chi connectivity index (χ2v) is 20.5. The monoisotopic (exact) mass is 937 g/mol. The van der Waals surface area contributed by atoms with Crippen LogP contribution in [-0.4, -0.2) is 78.0 Å². The first-order valence-corrected chi connectivity index (χ1v) is 27.8. The highest BCUT2D eigenvalue weighted by Gasteiger charge is 2.41. The third-order valence-corrected chi connectivity index (χ3v) is 14.5. The van der Waals surface area contributed by atoms with Crippen LogP contribution in [0.4, 0.5) is 0 Å². The molecule has 12 nitrogen and oxygen atoms in total. The van der Waals surface area contributed by atoms with E-state index in [0.717, 1.165) is 25.7 Å². The van der Waals surface area contributed by atoms with Gasteiger partial charge in [-0.1, -0.05) is 181 Å². The van der Waals surface area contributed by atoms with Gasteiger partial charge in [0, 0.05) is 30.3 Å². The minimum absolute atomic E-state index is 0.128. The minimum atomic E-state index is -1.53. The summed E-state index contributed by atoms with van der Waals surface area (Å²) in [5.74, 6) is 0. The largest absolute Gasteiger partial charge is 0.349 e. The van der Waals surface area contributed by atoms with E-state index in [1.165, 1.54) is 159 Å². The zero-order chi connectivity index (χ0) is 47.3. The number of nitrogens with one attached hydrogen (secondary N) is 1. The van der Waals surface area contributed by atoms with Crippen molar-refractivity contribution < 1.29 is 28.0 Å². The maximum atomic E-state index is 13.1. The van der Waals surface area contributed by atoms with E-state index in [2.05, 4.69) is 56.0 Å². The Morgan fingerprint density at radius 1 is 0.692 bits per heavy atom. The fourth-order valence-corrected chi connectivity index (χ4v) is 10.2. The Kier molecular flexibility index (Phi) is 35.8. The van der Waals surface area contributed by atoms with E-state index in [-0.39, 0.29) is 31.8 Å². The summed E-state index contributed by atoms with van der Waals surface area (Å²) in [6, 6.07) is 0.272. The van der Waals surface area contributed by atoms with Crippen molar-refractivity contribution in [2.75, 3.05) is 33.0 Å². The molecule has 0 bridgehead atoms. The van der Waals surface area contributed by atoms with E-state index in [1.807, 2.05) is 0 Å². The Labute approximate surface area is 398 Å². The lowest BCUT2D eigenvalue weighted by Crippen LogP contribution is -2.37. The minimum Gasteiger partial charge on any atom is -0.349 e. The molecular formula is C52H97N4O8P. The summed E-state index contributed by atoms with van der Waals surface area (Å²) in [7, 11) is -1.53. The second kappa shape index (κ2) is 39.2. The van der Waals surface area contributed by atoms with Gasteiger partial charge in [0.05, 0.1) is 25.9 Å². The van der Waals surface area contributed by atoms with Gasteiger partial charge in [0.2, 0.25) is 6.54 Å². The van der Waals surface area contributed by atoms with Gasteiger partial charge in [-0.15, -0.1) is 0 Å². The Hall–Kier alpha value is -1.68. The van der Waals surface area contributed by atoms with Gasteiger partial charge in [0.1, 0.15) is 18.9 Å². The van der Waals surface area contributed by atoms with Gasteiger partial charge in [-0.25, -0.2) is 16.0 Å². The Bertz CT molecular complexity index is 1390. The van der Waals surface area contributed by atoms with E-state index in [4.69, 9.17) is 34.6 Å². The van der Waals surface area contributed by atoms with Crippen molar-refractivity contribution in [2.24, 2.45) is 0 Å². The van der Waals surface area contributed by atoms with Gasteiger partial charge in [0.15, 0.2) is 0 Å². The van der Waals surface area contributed by atoms with Gasteiger partial charge in [0.25, 0.3) is 20.6 Å². The van der Waals surface area contributed by atoms with Crippen molar-refractivity contribution >= 4 is 8.53 Å². The molecule has 0 saturated carbocycles. The van der Waals surface area contributed by atoms with Crippen molar-refractivity contribution in [3.8, 4) is 0 Å². The summed E-state index contributed by atoms with van der Waals surface area (Å²) in [6.07, 6.45) is 36.2. The fourth-order valence-electron chi connectivity index (χ4n) is 8.63. The predicted octanol–water partition coefficient (Wildman–Crippen LogP) is 14.1. The normalized spacial score (nSPS) is 17.0. The van der Waals surface area contributed by atoms with Crippen LogP contribution in [0.2, 0.25) is 0 Å². The van der Waals surface area contributed by atoms with Crippen molar-refractivity contribution in [1.82, 2.24) is 14.2 Å². The molecule has 1 N–H and O–H groups in total. The first-order valence-electron chi connectivity index (χ1n) is 26.7. The molecule has 0 radical (unpaired) electrons. The van der Waals surface area contributed by atoms with E-state index in [1.54, 1.807) is 13.1 Å². The number of nitrogens with zero attached hydrogens (tertiary/aromatic N) is 3. The van der Waals surface area contributed by atoms with Crippen LogP contribution in [0.5, 0.6) is 0 Å². The Morgan fingerprint density at radius 3 is 1.54 bits per heavy atom. The van der Waals surface area contributed by atoms with Crippen LogP contribution in [0.3, 0.4) is 0 Å². The Morgan fingerprint density at radius 2 is 1.12 bits per heavy atom. The molecule has 2 rings (SSSR count). The van der Waals surface area contributed by atoms with Crippen LogP contribution in [0, 0.1) is 13.5 Å². The van der Waals surface area contributed by atoms with E-state index in [9.17, 15) is 9.59 Å². The average Bonchev–Trinajstić information content (AvgIpc) is 3.67. The zero-order valence-corrected chi connectivity index (χ0v) is 43.5. The second-order valence-electron chi connectivity index (χ2n) is 19.1. The highest BCUT2D eigenvalue weighted by molar-refractivity contribution is 7.44. The number of aromatic amines is 1. The number of hydrogen-bond donors (Lipinski definition) is 1. The van der Waals surface area contributed by atoms with E-state index < -0.39 is 44.7 Å². The Balaban J connectivity index is 2.02. The number of unbranched alkanes of at least 4 members (excludes halogenated alkanes) is 26. The van der Waals surface area contributed by atoms with Crippen molar-refractivity contribution in [1.29, 1.82) is 0 Å². The quantitative estimate of drug-likeness (QED) is 0.0295.